The summed E-state index contributed by atoms with van der Waals surface area (Å²) in [6, 6.07) is 0. The van der Waals surface area contributed by atoms with Crippen LogP contribution in [0.15, 0.2) is 12.2 Å². The molecule has 11 atom stereocenters. The number of rotatable bonds is 5. The lowest BCUT2D eigenvalue weighted by molar-refractivity contribution is -0.251. The van der Waals surface area contributed by atoms with Gasteiger partial charge in [0.2, 0.25) is 0 Å². The molecule has 0 aromatic heterocycles. The van der Waals surface area contributed by atoms with E-state index in [2.05, 4.69) is 34.6 Å². The van der Waals surface area contributed by atoms with Crippen LogP contribution in [0.3, 0.4) is 0 Å². The van der Waals surface area contributed by atoms with Crippen molar-refractivity contribution in [2.24, 2.45) is 52.3 Å². The molecule has 0 heterocycles. The van der Waals surface area contributed by atoms with Crippen LogP contribution in [0.1, 0.15) is 86.5 Å². The third kappa shape index (κ3) is 3.30. The first kappa shape index (κ1) is 24.4. The Morgan fingerprint density at radius 1 is 1.09 bits per heavy atom. The highest BCUT2D eigenvalue weighted by Gasteiger charge is 2.71. The summed E-state index contributed by atoms with van der Waals surface area (Å²) < 4.78 is 0. The van der Waals surface area contributed by atoms with E-state index in [0.29, 0.717) is 36.5 Å². The van der Waals surface area contributed by atoms with Crippen LogP contribution in [0.2, 0.25) is 0 Å². The molecule has 0 aromatic carbocycles. The summed E-state index contributed by atoms with van der Waals surface area (Å²) in [6.45, 7) is 13.5. The first-order valence-corrected chi connectivity index (χ1v) is 13.2. The van der Waals surface area contributed by atoms with Crippen molar-refractivity contribution in [3.63, 3.8) is 0 Å². The van der Waals surface area contributed by atoms with Gasteiger partial charge in [-0.2, -0.15) is 0 Å². The second-order valence-corrected chi connectivity index (χ2v) is 12.9. The quantitative estimate of drug-likeness (QED) is 0.569. The summed E-state index contributed by atoms with van der Waals surface area (Å²) >= 11 is 0. The average molecular weight is 447 g/mol. The van der Waals surface area contributed by atoms with Crippen molar-refractivity contribution in [1.29, 1.82) is 0 Å². The second-order valence-electron chi connectivity index (χ2n) is 12.9. The number of fused-ring (bicyclic) bond motifs is 5. The fourth-order valence-electron chi connectivity index (χ4n) is 8.86. The van der Waals surface area contributed by atoms with Gasteiger partial charge in [0.15, 0.2) is 5.78 Å². The smallest absolute Gasteiger partial charge is 0.164 e. The Morgan fingerprint density at radius 3 is 2.44 bits per heavy atom. The van der Waals surface area contributed by atoms with Crippen LogP contribution >= 0.6 is 0 Å². The zero-order chi connectivity index (χ0) is 23.6. The Kier molecular flexibility index (Phi) is 6.26. The zero-order valence-corrected chi connectivity index (χ0v) is 21.1. The Hall–Kier alpha value is -0.710. The van der Waals surface area contributed by atoms with Gasteiger partial charge in [-0.3, -0.25) is 4.79 Å². The van der Waals surface area contributed by atoms with Crippen molar-refractivity contribution < 1.29 is 20.1 Å². The summed E-state index contributed by atoms with van der Waals surface area (Å²) in [5, 5.41) is 34.2. The van der Waals surface area contributed by atoms with Crippen LogP contribution in [0.4, 0.5) is 0 Å². The third-order valence-corrected chi connectivity index (χ3v) is 11.2. The molecule has 4 rings (SSSR count). The lowest BCUT2D eigenvalue weighted by Gasteiger charge is -2.64. The lowest BCUT2D eigenvalue weighted by Crippen LogP contribution is -2.71. The van der Waals surface area contributed by atoms with E-state index in [1.165, 1.54) is 19.3 Å². The first-order valence-electron chi connectivity index (χ1n) is 13.2. The average Bonchev–Trinajstić information content (AvgIpc) is 3.05. The van der Waals surface area contributed by atoms with E-state index >= 15 is 0 Å². The molecule has 4 aliphatic carbocycles. The molecule has 0 unspecified atom stereocenters. The van der Waals surface area contributed by atoms with E-state index in [-0.39, 0.29) is 29.5 Å². The van der Waals surface area contributed by atoms with Crippen molar-refractivity contribution in [1.82, 2.24) is 0 Å². The fourth-order valence-corrected chi connectivity index (χ4v) is 8.86. The molecule has 0 aromatic rings. The monoisotopic (exact) mass is 446 g/mol. The number of hydrogen-bond donors (Lipinski definition) is 3. The van der Waals surface area contributed by atoms with Crippen LogP contribution in [-0.2, 0) is 4.79 Å². The minimum atomic E-state index is -1.48. The molecule has 32 heavy (non-hydrogen) atoms. The largest absolute Gasteiger partial charge is 0.393 e. The van der Waals surface area contributed by atoms with Gasteiger partial charge in [0.25, 0.3) is 0 Å². The van der Waals surface area contributed by atoms with Gasteiger partial charge in [-0.15, -0.1) is 0 Å². The normalized spacial score (nSPS) is 50.0. The Labute approximate surface area is 194 Å². The van der Waals surface area contributed by atoms with Gasteiger partial charge < -0.3 is 15.3 Å². The molecule has 3 N–H and O–H groups in total. The Morgan fingerprint density at radius 2 is 1.78 bits per heavy atom. The highest BCUT2D eigenvalue weighted by Crippen LogP contribution is 2.68. The molecule has 182 valence electrons. The zero-order valence-electron chi connectivity index (χ0n) is 21.1. The number of hydrogen-bond acceptors (Lipinski definition) is 4. The standard InChI is InChI=1S/C28H46O4/c1-16(2)17(3)9-10-18(4)20-11-12-21-19-14-24(31)28(32)13-7-8-23(30)27(28,6)25(19)22(29)15-26(20,21)5/h7-8,16-22,24-25,29,31-32H,9-15H2,1-6H3/t17-,18+,19-,20+,21-,22+,24+,25+,26+,27+,28-/m0/s1. The predicted molar refractivity (Wildman–Crippen MR) is 127 cm³/mol. The van der Waals surface area contributed by atoms with Crippen LogP contribution in [0.25, 0.3) is 0 Å². The van der Waals surface area contributed by atoms with E-state index in [1.54, 1.807) is 12.2 Å². The maximum absolute atomic E-state index is 13.2. The van der Waals surface area contributed by atoms with Crippen LogP contribution in [0.5, 0.6) is 0 Å². The Bertz CT molecular complexity index is 761. The van der Waals surface area contributed by atoms with Crippen molar-refractivity contribution in [3.05, 3.63) is 12.2 Å². The molecule has 0 saturated heterocycles. The van der Waals surface area contributed by atoms with Gasteiger partial charge in [0, 0.05) is 5.92 Å². The molecular weight excluding hydrogens is 400 g/mol. The summed E-state index contributed by atoms with van der Waals surface area (Å²) in [5.41, 5.74) is -2.58. The van der Waals surface area contributed by atoms with Gasteiger partial charge in [-0.1, -0.05) is 53.5 Å². The van der Waals surface area contributed by atoms with E-state index in [0.717, 1.165) is 12.3 Å². The maximum Gasteiger partial charge on any atom is 0.164 e. The SMILES string of the molecule is CC(C)[C@@H](C)CC[C@@H](C)[C@H]1CC[C@H]2[C@@H]3C[C@@H](O)[C@@]4(O)CC=CC(=O)[C@]4(C)[C@H]3[C@H](O)C[C@]12C. The molecule has 0 aliphatic heterocycles. The predicted octanol–water partition coefficient (Wildman–Crippen LogP) is 4.76. The van der Waals surface area contributed by atoms with Gasteiger partial charge in [0.05, 0.1) is 17.6 Å². The van der Waals surface area contributed by atoms with Gasteiger partial charge in [0.1, 0.15) is 5.60 Å². The van der Waals surface area contributed by atoms with Crippen molar-refractivity contribution in [3.8, 4) is 0 Å². The van der Waals surface area contributed by atoms with Gasteiger partial charge in [-0.25, -0.2) is 0 Å². The number of aliphatic hydroxyl groups excluding tert-OH is 2. The summed E-state index contributed by atoms with van der Waals surface area (Å²) in [5.74, 6) is 2.64. The highest BCUT2D eigenvalue weighted by atomic mass is 16.3. The second kappa shape index (κ2) is 8.20. The van der Waals surface area contributed by atoms with Crippen LogP contribution in [-0.4, -0.2) is 38.9 Å². The van der Waals surface area contributed by atoms with Crippen molar-refractivity contribution in [2.75, 3.05) is 0 Å². The Balaban J connectivity index is 1.61. The number of aliphatic hydroxyl groups is 3. The minimum absolute atomic E-state index is 0.0279. The minimum Gasteiger partial charge on any atom is -0.393 e. The summed E-state index contributed by atoms with van der Waals surface area (Å²) in [7, 11) is 0. The molecule has 0 amide bonds. The lowest BCUT2D eigenvalue weighted by atomic mass is 9.42. The van der Waals surface area contributed by atoms with Crippen LogP contribution in [0, 0.1) is 52.3 Å². The van der Waals surface area contributed by atoms with E-state index in [4.69, 9.17) is 0 Å². The number of ketones is 1. The molecule has 3 fully saturated rings. The van der Waals surface area contributed by atoms with Crippen molar-refractivity contribution >= 4 is 5.78 Å². The van der Waals surface area contributed by atoms with E-state index in [1.807, 2.05) is 6.92 Å². The molecule has 3 saturated carbocycles. The summed E-state index contributed by atoms with van der Waals surface area (Å²) in [4.78, 5) is 13.2. The molecular formula is C28H46O4. The highest BCUT2D eigenvalue weighted by molar-refractivity contribution is 5.97. The molecule has 4 heteroatoms. The first-order chi connectivity index (χ1) is 14.9. The van der Waals surface area contributed by atoms with Gasteiger partial charge in [-0.05, 0) is 86.0 Å². The van der Waals surface area contributed by atoms with E-state index < -0.39 is 23.2 Å². The maximum atomic E-state index is 13.2. The topological polar surface area (TPSA) is 77.8 Å². The summed E-state index contributed by atoms with van der Waals surface area (Å²) in [6.07, 6.45) is 7.91. The molecule has 0 spiro atoms. The van der Waals surface area contributed by atoms with Crippen LogP contribution < -0.4 is 0 Å². The van der Waals surface area contributed by atoms with Gasteiger partial charge >= 0.3 is 0 Å². The van der Waals surface area contributed by atoms with Crippen molar-refractivity contribution in [2.45, 2.75) is 104 Å². The van der Waals surface area contributed by atoms with E-state index in [9.17, 15) is 20.1 Å². The molecule has 4 nitrogen and oxygen atoms in total. The number of carbonyl (C=O) groups excluding carboxylic acids is 1. The third-order valence-electron chi connectivity index (χ3n) is 11.2. The molecule has 0 bridgehead atoms. The molecule has 4 aliphatic rings. The number of allylic oxidation sites excluding steroid dienone is 1. The number of carbonyl (C=O) groups is 1. The molecule has 0 radical (unpaired) electrons. The fraction of sp³-hybridized carbons (Fsp3) is 0.893.